The first-order valence-corrected chi connectivity index (χ1v) is 10.8. The molecule has 1 aromatic carbocycles. The van der Waals surface area contributed by atoms with Crippen LogP contribution in [-0.2, 0) is 20.0 Å². The van der Waals surface area contributed by atoms with Crippen LogP contribution in [0.5, 0.6) is 17.2 Å². The van der Waals surface area contributed by atoms with Crippen molar-refractivity contribution in [2.45, 2.75) is 6.92 Å². The van der Waals surface area contributed by atoms with Crippen LogP contribution in [0.4, 0.5) is 5.69 Å². The van der Waals surface area contributed by atoms with E-state index in [0.29, 0.717) is 17.2 Å². The second-order valence-corrected chi connectivity index (χ2v) is 9.02. The van der Waals surface area contributed by atoms with Crippen LogP contribution in [0.3, 0.4) is 0 Å². The van der Waals surface area contributed by atoms with E-state index in [0.717, 1.165) is 10.6 Å². The van der Waals surface area contributed by atoms with Crippen molar-refractivity contribution in [3.05, 3.63) is 12.1 Å². The third-order valence-corrected chi connectivity index (χ3v) is 5.95. The van der Waals surface area contributed by atoms with Crippen molar-refractivity contribution < 1.29 is 31.0 Å². The van der Waals surface area contributed by atoms with Crippen molar-refractivity contribution in [3.8, 4) is 17.2 Å². The summed E-state index contributed by atoms with van der Waals surface area (Å²) < 4.78 is 66.4. The number of hydrogen-bond acceptors (Lipinski definition) is 7. The summed E-state index contributed by atoms with van der Waals surface area (Å²) in [6, 6.07) is 2.97. The molecule has 1 rings (SSSR count). The molecule has 0 heterocycles. The predicted molar refractivity (Wildman–Crippen MR) is 95.8 cm³/mol. The molecule has 1 N–H and O–H groups in total. The fourth-order valence-corrected chi connectivity index (χ4v) is 3.62. The molecule has 0 radical (unpaired) electrons. The maximum absolute atomic E-state index is 12.1. The first-order valence-electron chi connectivity index (χ1n) is 7.34. The molecule has 11 heteroatoms. The first-order chi connectivity index (χ1) is 11.6. The van der Waals surface area contributed by atoms with Crippen molar-refractivity contribution in [3.63, 3.8) is 0 Å². The predicted octanol–water partition coefficient (Wildman–Crippen LogP) is 0.418. The zero-order valence-electron chi connectivity index (χ0n) is 14.9. The Morgan fingerprint density at radius 2 is 1.52 bits per heavy atom. The lowest BCUT2D eigenvalue weighted by atomic mass is 10.2. The van der Waals surface area contributed by atoms with Gasteiger partial charge in [-0.2, -0.15) is 0 Å². The lowest BCUT2D eigenvalue weighted by molar-refractivity contribution is 0.324. The molecule has 0 aliphatic rings. The summed E-state index contributed by atoms with van der Waals surface area (Å²) in [6.45, 7) is 1.34. The largest absolute Gasteiger partial charge is 0.493 e. The minimum absolute atomic E-state index is 0.0695. The van der Waals surface area contributed by atoms with E-state index in [1.54, 1.807) is 0 Å². The van der Waals surface area contributed by atoms with Crippen LogP contribution in [-0.4, -0.2) is 63.3 Å². The van der Waals surface area contributed by atoms with E-state index in [9.17, 15) is 16.8 Å². The lowest BCUT2D eigenvalue weighted by Crippen LogP contribution is -2.38. The molecule has 0 unspecified atom stereocenters. The average Bonchev–Trinajstić information content (AvgIpc) is 2.56. The van der Waals surface area contributed by atoms with Gasteiger partial charge in [-0.15, -0.1) is 0 Å². The monoisotopic (exact) mass is 396 g/mol. The number of methoxy groups -OCH3 is 3. The second-order valence-electron chi connectivity index (χ2n) is 5.02. The number of nitrogens with one attached hydrogen (secondary N) is 1. The van der Waals surface area contributed by atoms with E-state index in [-0.39, 0.29) is 24.5 Å². The van der Waals surface area contributed by atoms with Crippen LogP contribution < -0.4 is 23.2 Å². The zero-order valence-corrected chi connectivity index (χ0v) is 16.5. The van der Waals surface area contributed by atoms with E-state index in [4.69, 9.17) is 14.2 Å². The number of benzene rings is 1. The lowest BCUT2D eigenvalue weighted by Gasteiger charge is -2.24. The maximum Gasteiger partial charge on any atom is 0.232 e. The Bertz CT molecular complexity index is 766. The average molecular weight is 396 g/mol. The smallest absolute Gasteiger partial charge is 0.232 e. The van der Waals surface area contributed by atoms with Gasteiger partial charge in [0.25, 0.3) is 0 Å². The Kier molecular flexibility index (Phi) is 7.32. The SMILES string of the molecule is CCS(=O)(=O)NCCN(c1cc(OC)c(OC)c(OC)c1)S(C)(=O)=O. The molecule has 0 aliphatic heterocycles. The Hall–Kier alpha value is -1.72. The fourth-order valence-electron chi connectivity index (χ4n) is 2.10. The van der Waals surface area contributed by atoms with E-state index in [1.807, 2.05) is 0 Å². The highest BCUT2D eigenvalue weighted by Gasteiger charge is 2.22. The molecule has 0 aromatic heterocycles. The molecular formula is C14H24N2O7S2. The topological polar surface area (TPSA) is 111 Å². The van der Waals surface area contributed by atoms with E-state index < -0.39 is 20.0 Å². The summed E-state index contributed by atoms with van der Waals surface area (Å²) in [6.07, 6.45) is 1.03. The molecule has 0 bridgehead atoms. The highest BCUT2D eigenvalue weighted by Crippen LogP contribution is 2.41. The first kappa shape index (κ1) is 21.3. The Balaban J connectivity index is 3.24. The number of sulfonamides is 2. The second kappa shape index (κ2) is 8.59. The van der Waals surface area contributed by atoms with Gasteiger partial charge < -0.3 is 14.2 Å². The molecule has 0 spiro atoms. The number of hydrogen-bond donors (Lipinski definition) is 1. The summed E-state index contributed by atoms with van der Waals surface area (Å²) >= 11 is 0. The minimum Gasteiger partial charge on any atom is -0.493 e. The van der Waals surface area contributed by atoms with E-state index >= 15 is 0 Å². The third-order valence-electron chi connectivity index (χ3n) is 3.35. The molecule has 0 saturated carbocycles. The van der Waals surface area contributed by atoms with Crippen LogP contribution in [0.2, 0.25) is 0 Å². The molecular weight excluding hydrogens is 372 g/mol. The summed E-state index contributed by atoms with van der Waals surface area (Å²) in [7, 11) is -2.81. The zero-order chi connectivity index (χ0) is 19.3. The molecule has 0 amide bonds. The molecule has 0 fully saturated rings. The normalized spacial score (nSPS) is 11.9. The summed E-state index contributed by atoms with van der Waals surface area (Å²) in [4.78, 5) is 0. The van der Waals surface area contributed by atoms with Crippen molar-refractivity contribution in [1.82, 2.24) is 4.72 Å². The summed E-state index contributed by atoms with van der Waals surface area (Å²) in [5.74, 6) is 0.823. The molecule has 144 valence electrons. The molecule has 0 atom stereocenters. The van der Waals surface area contributed by atoms with Crippen LogP contribution in [0.1, 0.15) is 6.92 Å². The van der Waals surface area contributed by atoms with E-state index in [2.05, 4.69) is 4.72 Å². The van der Waals surface area contributed by atoms with Crippen LogP contribution in [0.25, 0.3) is 0 Å². The van der Waals surface area contributed by atoms with Crippen molar-refractivity contribution >= 4 is 25.7 Å². The van der Waals surface area contributed by atoms with E-state index in [1.165, 1.54) is 40.4 Å². The molecule has 0 saturated heterocycles. The molecule has 25 heavy (non-hydrogen) atoms. The Morgan fingerprint density at radius 1 is 1.00 bits per heavy atom. The molecule has 1 aromatic rings. The Labute approximate surface area is 149 Å². The van der Waals surface area contributed by atoms with Gasteiger partial charge in [-0.1, -0.05) is 0 Å². The van der Waals surface area contributed by atoms with Gasteiger partial charge in [0, 0.05) is 25.2 Å². The van der Waals surface area contributed by atoms with Gasteiger partial charge in [-0.3, -0.25) is 4.31 Å². The van der Waals surface area contributed by atoms with Crippen molar-refractivity contribution in [2.75, 3.05) is 50.7 Å². The third kappa shape index (κ3) is 5.65. The van der Waals surface area contributed by atoms with Crippen LogP contribution in [0, 0.1) is 0 Å². The van der Waals surface area contributed by atoms with Gasteiger partial charge in [0.05, 0.1) is 39.0 Å². The molecule has 9 nitrogen and oxygen atoms in total. The van der Waals surface area contributed by atoms with Crippen LogP contribution >= 0.6 is 0 Å². The van der Waals surface area contributed by atoms with Gasteiger partial charge in [0.2, 0.25) is 25.8 Å². The van der Waals surface area contributed by atoms with Gasteiger partial charge in [0.15, 0.2) is 11.5 Å². The van der Waals surface area contributed by atoms with Gasteiger partial charge >= 0.3 is 0 Å². The number of nitrogens with zero attached hydrogens (tertiary/aromatic N) is 1. The highest BCUT2D eigenvalue weighted by atomic mass is 32.2. The molecule has 0 aliphatic carbocycles. The number of rotatable bonds is 10. The number of anilines is 1. The van der Waals surface area contributed by atoms with Gasteiger partial charge in [-0.25, -0.2) is 21.6 Å². The van der Waals surface area contributed by atoms with Gasteiger partial charge in [0.1, 0.15) is 0 Å². The highest BCUT2D eigenvalue weighted by molar-refractivity contribution is 7.92. The summed E-state index contributed by atoms with van der Waals surface area (Å²) in [5.41, 5.74) is 0.271. The van der Waals surface area contributed by atoms with Crippen molar-refractivity contribution in [2.24, 2.45) is 0 Å². The van der Waals surface area contributed by atoms with Crippen LogP contribution in [0.15, 0.2) is 12.1 Å². The fraction of sp³-hybridized carbons (Fsp3) is 0.571. The standard InChI is InChI=1S/C14H24N2O7S2/c1-6-25(19,20)15-7-8-16(24(5,17)18)11-9-12(21-2)14(23-4)13(10-11)22-3/h9-10,15H,6-8H2,1-5H3. The van der Waals surface area contributed by atoms with Crippen molar-refractivity contribution in [1.29, 1.82) is 0 Å². The Morgan fingerprint density at radius 3 is 1.88 bits per heavy atom. The quantitative estimate of drug-likeness (QED) is 0.610. The maximum atomic E-state index is 12.1. The van der Waals surface area contributed by atoms with Gasteiger partial charge in [-0.05, 0) is 6.92 Å². The minimum atomic E-state index is -3.67. The summed E-state index contributed by atoms with van der Waals surface area (Å²) in [5, 5.41) is 0. The number of ether oxygens (including phenoxy) is 3.